The molecule has 0 radical (unpaired) electrons. The highest BCUT2D eigenvalue weighted by Crippen LogP contribution is 2.11. The molecule has 0 aliphatic rings. The zero-order chi connectivity index (χ0) is 11.9. The van der Waals surface area contributed by atoms with Gasteiger partial charge < -0.3 is 16.4 Å². The number of hydrogen-bond acceptors (Lipinski definition) is 3. The molecular weight excluding hydrogens is 215 g/mol. The van der Waals surface area contributed by atoms with Crippen LogP contribution in [-0.2, 0) is 9.59 Å². The number of alkyl halides is 3. The summed E-state index contributed by atoms with van der Waals surface area (Å²) in [6.07, 6.45) is -4.38. The molecule has 15 heavy (non-hydrogen) atoms. The van der Waals surface area contributed by atoms with Crippen molar-refractivity contribution in [1.82, 2.24) is 10.6 Å². The summed E-state index contributed by atoms with van der Waals surface area (Å²) in [5, 5.41) is 4.14. The minimum Gasteiger partial charge on any atom is -0.370 e. The van der Waals surface area contributed by atoms with Gasteiger partial charge >= 0.3 is 6.18 Å². The number of rotatable bonds is 6. The van der Waals surface area contributed by atoms with E-state index in [1.807, 2.05) is 0 Å². The van der Waals surface area contributed by atoms with Crippen molar-refractivity contribution < 1.29 is 22.8 Å². The summed E-state index contributed by atoms with van der Waals surface area (Å²) >= 11 is 0. The molecule has 0 aromatic rings. The van der Waals surface area contributed by atoms with Crippen LogP contribution in [0, 0.1) is 0 Å². The van der Waals surface area contributed by atoms with Crippen LogP contribution >= 0.6 is 0 Å². The lowest BCUT2D eigenvalue weighted by molar-refractivity contribution is -0.137. The Balaban J connectivity index is 3.46. The largest absolute Gasteiger partial charge is 0.405 e. The summed E-state index contributed by atoms with van der Waals surface area (Å²) in [6, 6.07) is 0. The van der Waals surface area contributed by atoms with Gasteiger partial charge in [-0.2, -0.15) is 13.2 Å². The molecule has 5 nitrogen and oxygen atoms in total. The summed E-state index contributed by atoms with van der Waals surface area (Å²) in [5.41, 5.74) is 4.80. The van der Waals surface area contributed by atoms with Crippen molar-refractivity contribution in [3.63, 3.8) is 0 Å². The van der Waals surface area contributed by atoms with Crippen LogP contribution in [-0.4, -0.2) is 37.6 Å². The summed E-state index contributed by atoms with van der Waals surface area (Å²) in [4.78, 5) is 21.0. The van der Waals surface area contributed by atoms with Crippen LogP contribution in [0.15, 0.2) is 0 Å². The maximum Gasteiger partial charge on any atom is 0.405 e. The van der Waals surface area contributed by atoms with E-state index in [-0.39, 0.29) is 19.5 Å². The number of hydrogen-bond donors (Lipinski definition) is 3. The maximum atomic E-state index is 11.6. The van der Waals surface area contributed by atoms with E-state index in [1.165, 1.54) is 0 Å². The van der Waals surface area contributed by atoms with Gasteiger partial charge in [0.15, 0.2) is 0 Å². The fraction of sp³-hybridized carbons (Fsp3) is 0.714. The molecule has 2 amide bonds. The van der Waals surface area contributed by atoms with Crippen molar-refractivity contribution in [3.05, 3.63) is 0 Å². The highest BCUT2D eigenvalue weighted by Gasteiger charge is 2.27. The van der Waals surface area contributed by atoms with E-state index in [0.29, 0.717) is 0 Å². The average Bonchev–Trinajstić information content (AvgIpc) is 2.07. The SMILES string of the molecule is NC(=O)CCNCC(=O)NCC(F)(F)F. The zero-order valence-electron chi connectivity index (χ0n) is 7.86. The standard InChI is InChI=1S/C7H12F3N3O2/c8-7(9,10)4-13-6(15)3-12-2-1-5(11)14/h12H,1-4H2,(H2,11,14)(H,13,15). The molecule has 0 aromatic carbocycles. The molecule has 0 fully saturated rings. The first-order valence-corrected chi connectivity index (χ1v) is 4.14. The Morgan fingerprint density at radius 1 is 1.27 bits per heavy atom. The summed E-state index contributed by atoms with van der Waals surface area (Å²) < 4.78 is 34.8. The normalized spacial score (nSPS) is 11.1. The van der Waals surface area contributed by atoms with Crippen LogP contribution in [0.4, 0.5) is 13.2 Å². The molecule has 0 saturated carbocycles. The molecule has 0 bridgehead atoms. The van der Waals surface area contributed by atoms with Gasteiger partial charge in [-0.1, -0.05) is 0 Å². The highest BCUT2D eigenvalue weighted by atomic mass is 19.4. The third-order valence-electron chi connectivity index (χ3n) is 1.32. The average molecular weight is 227 g/mol. The first kappa shape index (κ1) is 13.7. The Morgan fingerprint density at radius 3 is 2.33 bits per heavy atom. The van der Waals surface area contributed by atoms with Crippen LogP contribution in [0.5, 0.6) is 0 Å². The molecular formula is C7H12F3N3O2. The maximum absolute atomic E-state index is 11.6. The van der Waals surface area contributed by atoms with Gasteiger partial charge in [0.05, 0.1) is 6.54 Å². The number of carbonyl (C=O) groups is 2. The van der Waals surface area contributed by atoms with Crippen LogP contribution in [0.3, 0.4) is 0 Å². The molecule has 4 N–H and O–H groups in total. The van der Waals surface area contributed by atoms with E-state index in [4.69, 9.17) is 5.73 Å². The number of primary amides is 1. The molecule has 0 heterocycles. The number of nitrogens with one attached hydrogen (secondary N) is 2. The third-order valence-corrected chi connectivity index (χ3v) is 1.32. The predicted octanol–water partition coefficient (Wildman–Crippen LogP) is -0.870. The van der Waals surface area contributed by atoms with Crippen molar-refractivity contribution in [2.24, 2.45) is 5.73 Å². The lowest BCUT2D eigenvalue weighted by atomic mass is 10.4. The van der Waals surface area contributed by atoms with Crippen molar-refractivity contribution >= 4 is 11.8 Å². The fourth-order valence-corrected chi connectivity index (χ4v) is 0.675. The summed E-state index contributed by atoms with van der Waals surface area (Å²) in [6.45, 7) is -1.47. The quantitative estimate of drug-likeness (QED) is 0.516. The summed E-state index contributed by atoms with van der Waals surface area (Å²) in [5.74, 6) is -1.32. The van der Waals surface area contributed by atoms with Crippen LogP contribution in [0.2, 0.25) is 0 Å². The van der Waals surface area contributed by atoms with Gasteiger partial charge in [0.25, 0.3) is 0 Å². The first-order valence-electron chi connectivity index (χ1n) is 4.14. The first-order chi connectivity index (χ1) is 6.81. The number of amides is 2. The fourth-order valence-electron chi connectivity index (χ4n) is 0.675. The molecule has 0 atom stereocenters. The van der Waals surface area contributed by atoms with Gasteiger partial charge in [0.1, 0.15) is 6.54 Å². The second kappa shape index (κ2) is 6.23. The number of halogens is 3. The van der Waals surface area contributed by atoms with Crippen LogP contribution in [0.1, 0.15) is 6.42 Å². The zero-order valence-corrected chi connectivity index (χ0v) is 7.86. The topological polar surface area (TPSA) is 84.2 Å². The van der Waals surface area contributed by atoms with E-state index in [9.17, 15) is 22.8 Å². The van der Waals surface area contributed by atoms with Crippen LogP contribution in [0.25, 0.3) is 0 Å². The van der Waals surface area contributed by atoms with Gasteiger partial charge in [0.2, 0.25) is 11.8 Å². The molecule has 0 unspecified atom stereocenters. The molecule has 0 spiro atoms. The Labute approximate surface area is 84.2 Å². The Bertz CT molecular complexity index is 230. The van der Waals surface area contributed by atoms with E-state index in [1.54, 1.807) is 5.32 Å². The lowest BCUT2D eigenvalue weighted by Crippen LogP contribution is -2.39. The van der Waals surface area contributed by atoms with E-state index >= 15 is 0 Å². The van der Waals surface area contributed by atoms with Crippen molar-refractivity contribution in [3.8, 4) is 0 Å². The van der Waals surface area contributed by atoms with Crippen LogP contribution < -0.4 is 16.4 Å². The van der Waals surface area contributed by atoms with Crippen molar-refractivity contribution in [2.45, 2.75) is 12.6 Å². The molecule has 0 aliphatic heterocycles. The van der Waals surface area contributed by atoms with Gasteiger partial charge in [-0.25, -0.2) is 0 Å². The number of nitrogens with two attached hydrogens (primary N) is 1. The monoisotopic (exact) mass is 227 g/mol. The summed E-state index contributed by atoms with van der Waals surface area (Å²) in [7, 11) is 0. The highest BCUT2D eigenvalue weighted by molar-refractivity contribution is 5.78. The van der Waals surface area contributed by atoms with E-state index in [0.717, 1.165) is 0 Å². The molecule has 8 heteroatoms. The molecule has 0 aliphatic carbocycles. The minimum absolute atomic E-state index is 0.0343. The smallest absolute Gasteiger partial charge is 0.370 e. The van der Waals surface area contributed by atoms with Gasteiger partial charge in [-0.15, -0.1) is 0 Å². The Kier molecular flexibility index (Phi) is 5.68. The molecule has 0 rings (SSSR count). The third kappa shape index (κ3) is 10.6. The second-order valence-electron chi connectivity index (χ2n) is 2.78. The van der Waals surface area contributed by atoms with Gasteiger partial charge in [-0.3, -0.25) is 9.59 Å². The van der Waals surface area contributed by atoms with E-state index < -0.39 is 24.5 Å². The molecule has 0 aromatic heterocycles. The van der Waals surface area contributed by atoms with E-state index in [2.05, 4.69) is 5.32 Å². The Morgan fingerprint density at radius 2 is 1.87 bits per heavy atom. The van der Waals surface area contributed by atoms with Gasteiger partial charge in [-0.05, 0) is 0 Å². The minimum atomic E-state index is -4.41. The second-order valence-corrected chi connectivity index (χ2v) is 2.78. The lowest BCUT2D eigenvalue weighted by Gasteiger charge is -2.08. The number of carbonyl (C=O) groups excluding carboxylic acids is 2. The van der Waals surface area contributed by atoms with Gasteiger partial charge in [0, 0.05) is 13.0 Å². The van der Waals surface area contributed by atoms with Crippen molar-refractivity contribution in [1.29, 1.82) is 0 Å². The molecule has 0 saturated heterocycles. The Hall–Kier alpha value is -1.31. The predicted molar refractivity (Wildman–Crippen MR) is 45.7 cm³/mol. The molecule has 88 valence electrons. The van der Waals surface area contributed by atoms with Crippen molar-refractivity contribution in [2.75, 3.05) is 19.6 Å².